The van der Waals surface area contributed by atoms with Crippen LogP contribution in [0.15, 0.2) is 0 Å². The highest BCUT2D eigenvalue weighted by Gasteiger charge is 2.19. The number of carbonyl (C=O) groups excluding carboxylic acids is 1. The van der Waals surface area contributed by atoms with Gasteiger partial charge in [0.2, 0.25) is 5.91 Å². The quantitative estimate of drug-likeness (QED) is 0.740. The third-order valence-electron chi connectivity index (χ3n) is 2.76. The highest BCUT2D eigenvalue weighted by Crippen LogP contribution is 2.12. The second kappa shape index (κ2) is 6.48. The Labute approximate surface area is 95.1 Å². The van der Waals surface area contributed by atoms with Gasteiger partial charge in [-0.1, -0.05) is 12.8 Å². The molecule has 1 heterocycles. The fraction of sp³-hybridized carbons (Fsp3) is 0.818. The first-order valence-electron chi connectivity index (χ1n) is 5.77. The molecule has 0 aromatic heterocycles. The predicted octanol–water partition coefficient (Wildman–Crippen LogP) is 0.615. The minimum absolute atomic E-state index is 0.0316. The van der Waals surface area contributed by atoms with Gasteiger partial charge in [-0.3, -0.25) is 9.59 Å². The van der Waals surface area contributed by atoms with E-state index < -0.39 is 12.1 Å². The topological polar surface area (TPSA) is 77.8 Å². The number of rotatable bonds is 4. The van der Waals surface area contributed by atoms with Crippen molar-refractivity contribution >= 4 is 11.9 Å². The number of likely N-dealkylation sites (tertiary alicyclic amines) is 1. The molecule has 1 atom stereocenters. The van der Waals surface area contributed by atoms with E-state index in [1.54, 1.807) is 4.90 Å². The first-order valence-corrected chi connectivity index (χ1v) is 5.77. The van der Waals surface area contributed by atoms with Crippen LogP contribution >= 0.6 is 0 Å². The zero-order valence-corrected chi connectivity index (χ0v) is 9.39. The molecule has 92 valence electrons. The van der Waals surface area contributed by atoms with E-state index >= 15 is 0 Å². The Balaban J connectivity index is 2.42. The highest BCUT2D eigenvalue weighted by molar-refractivity contribution is 5.76. The average molecular weight is 229 g/mol. The van der Waals surface area contributed by atoms with Crippen molar-refractivity contribution < 1.29 is 19.8 Å². The lowest BCUT2D eigenvalue weighted by atomic mass is 10.1. The second-order valence-corrected chi connectivity index (χ2v) is 4.26. The van der Waals surface area contributed by atoms with E-state index in [0.717, 1.165) is 25.7 Å². The number of amides is 1. The summed E-state index contributed by atoms with van der Waals surface area (Å²) in [7, 11) is 0. The van der Waals surface area contributed by atoms with Crippen molar-refractivity contribution in [3.63, 3.8) is 0 Å². The molecule has 16 heavy (non-hydrogen) atoms. The van der Waals surface area contributed by atoms with Gasteiger partial charge in [0.15, 0.2) is 0 Å². The van der Waals surface area contributed by atoms with Gasteiger partial charge < -0.3 is 15.1 Å². The van der Waals surface area contributed by atoms with Crippen molar-refractivity contribution in [2.75, 3.05) is 13.1 Å². The van der Waals surface area contributed by atoms with Gasteiger partial charge in [0.1, 0.15) is 0 Å². The number of hydrogen-bond acceptors (Lipinski definition) is 3. The van der Waals surface area contributed by atoms with Crippen molar-refractivity contribution in [3.05, 3.63) is 0 Å². The van der Waals surface area contributed by atoms with Crippen LogP contribution in [0.25, 0.3) is 0 Å². The van der Waals surface area contributed by atoms with E-state index in [0.29, 0.717) is 13.0 Å². The third kappa shape index (κ3) is 4.61. The smallest absolute Gasteiger partial charge is 0.306 e. The fourth-order valence-corrected chi connectivity index (χ4v) is 1.93. The normalized spacial score (nSPS) is 20.1. The number of nitrogens with zero attached hydrogens (tertiary/aromatic N) is 1. The van der Waals surface area contributed by atoms with E-state index in [1.165, 1.54) is 0 Å². The fourth-order valence-electron chi connectivity index (χ4n) is 1.93. The predicted molar refractivity (Wildman–Crippen MR) is 57.9 cm³/mol. The maximum absolute atomic E-state index is 11.7. The zero-order valence-electron chi connectivity index (χ0n) is 9.39. The number of carboxylic acids is 1. The lowest BCUT2D eigenvalue weighted by molar-refractivity contribution is -0.141. The minimum Gasteiger partial charge on any atom is -0.481 e. The molecule has 1 aliphatic heterocycles. The van der Waals surface area contributed by atoms with Gasteiger partial charge in [-0.15, -0.1) is 0 Å². The van der Waals surface area contributed by atoms with Gasteiger partial charge in [0, 0.05) is 19.5 Å². The second-order valence-electron chi connectivity index (χ2n) is 4.26. The molecular formula is C11H19NO4. The van der Waals surface area contributed by atoms with E-state index in [9.17, 15) is 14.7 Å². The highest BCUT2D eigenvalue weighted by atomic mass is 16.4. The molecule has 0 aromatic rings. The van der Waals surface area contributed by atoms with Crippen LogP contribution in [-0.4, -0.2) is 46.2 Å². The molecule has 0 spiro atoms. The summed E-state index contributed by atoms with van der Waals surface area (Å²) < 4.78 is 0. The third-order valence-corrected chi connectivity index (χ3v) is 2.76. The Morgan fingerprint density at radius 2 is 2.00 bits per heavy atom. The number of β-amino-alcohol motifs (C(OH)–C–C–N with tert-alkyl or cyclic N) is 1. The van der Waals surface area contributed by atoms with Crippen molar-refractivity contribution in [1.29, 1.82) is 0 Å². The summed E-state index contributed by atoms with van der Waals surface area (Å²) in [6.45, 7) is 0.778. The zero-order chi connectivity index (χ0) is 12.0. The van der Waals surface area contributed by atoms with Crippen molar-refractivity contribution in [1.82, 2.24) is 4.90 Å². The van der Waals surface area contributed by atoms with Crippen LogP contribution in [0.2, 0.25) is 0 Å². The standard InChI is InChI=1S/C11H19NO4/c13-9(7-11(15)16)8-12-6-4-2-1-3-5-10(12)14/h9,13H,1-8H2,(H,15,16). The summed E-state index contributed by atoms with van der Waals surface area (Å²) in [5.41, 5.74) is 0. The number of aliphatic hydroxyl groups excluding tert-OH is 1. The van der Waals surface area contributed by atoms with Gasteiger partial charge in [0.25, 0.3) is 0 Å². The molecule has 0 bridgehead atoms. The van der Waals surface area contributed by atoms with E-state index in [-0.39, 0.29) is 18.9 Å². The Hall–Kier alpha value is -1.10. The van der Waals surface area contributed by atoms with Crippen molar-refractivity contribution in [2.45, 2.75) is 44.6 Å². The largest absolute Gasteiger partial charge is 0.481 e. The van der Waals surface area contributed by atoms with Gasteiger partial charge in [0.05, 0.1) is 12.5 Å². The molecule has 1 aliphatic rings. The molecule has 1 rings (SSSR count). The Kier molecular flexibility index (Phi) is 5.25. The Bertz CT molecular complexity index is 254. The van der Waals surface area contributed by atoms with Crippen LogP contribution in [0, 0.1) is 0 Å². The molecule has 0 aromatic carbocycles. The number of carboxylic acid groups (broad SMARTS) is 1. The molecule has 1 unspecified atom stereocenters. The van der Waals surface area contributed by atoms with Gasteiger partial charge >= 0.3 is 5.97 Å². The summed E-state index contributed by atoms with van der Waals surface area (Å²) in [6, 6.07) is 0. The van der Waals surface area contributed by atoms with Gasteiger partial charge in [-0.05, 0) is 12.8 Å². The molecule has 0 saturated carbocycles. The molecule has 0 radical (unpaired) electrons. The molecular weight excluding hydrogens is 210 g/mol. The molecule has 0 aliphatic carbocycles. The van der Waals surface area contributed by atoms with Gasteiger partial charge in [-0.2, -0.15) is 0 Å². The van der Waals surface area contributed by atoms with Crippen LogP contribution in [0.4, 0.5) is 0 Å². The van der Waals surface area contributed by atoms with Crippen molar-refractivity contribution in [2.24, 2.45) is 0 Å². The monoisotopic (exact) mass is 229 g/mol. The number of hydrogen-bond donors (Lipinski definition) is 2. The van der Waals surface area contributed by atoms with E-state index in [4.69, 9.17) is 5.11 Å². The summed E-state index contributed by atoms with van der Waals surface area (Å²) in [5.74, 6) is -1.00. The van der Waals surface area contributed by atoms with E-state index in [1.807, 2.05) is 0 Å². The molecule has 1 saturated heterocycles. The van der Waals surface area contributed by atoms with Crippen LogP contribution in [0.5, 0.6) is 0 Å². The van der Waals surface area contributed by atoms with Crippen molar-refractivity contribution in [3.8, 4) is 0 Å². The van der Waals surface area contributed by atoms with Crippen LogP contribution in [0.1, 0.15) is 38.5 Å². The number of carbonyl (C=O) groups is 2. The maximum atomic E-state index is 11.7. The lowest BCUT2D eigenvalue weighted by Gasteiger charge is -2.26. The average Bonchev–Trinajstić information content (AvgIpc) is 2.16. The lowest BCUT2D eigenvalue weighted by Crippen LogP contribution is -2.39. The minimum atomic E-state index is -1.04. The molecule has 2 N–H and O–H groups in total. The first kappa shape index (κ1) is 13.0. The van der Waals surface area contributed by atoms with Gasteiger partial charge in [-0.25, -0.2) is 0 Å². The Morgan fingerprint density at radius 3 is 2.69 bits per heavy atom. The molecule has 1 fully saturated rings. The van der Waals surface area contributed by atoms with E-state index in [2.05, 4.69) is 0 Å². The SMILES string of the molecule is O=C(O)CC(O)CN1CCCCCCC1=O. The number of aliphatic hydroxyl groups is 1. The van der Waals surface area contributed by atoms with Crippen LogP contribution in [-0.2, 0) is 9.59 Å². The summed E-state index contributed by atoms with van der Waals surface area (Å²) in [6.07, 6.45) is 3.26. The maximum Gasteiger partial charge on any atom is 0.306 e. The number of aliphatic carboxylic acids is 1. The summed E-state index contributed by atoms with van der Waals surface area (Å²) >= 11 is 0. The molecule has 5 heteroatoms. The summed E-state index contributed by atoms with van der Waals surface area (Å²) in [4.78, 5) is 23.6. The van der Waals surface area contributed by atoms with Crippen LogP contribution < -0.4 is 0 Å². The molecule has 1 amide bonds. The Morgan fingerprint density at radius 1 is 1.31 bits per heavy atom. The summed E-state index contributed by atoms with van der Waals surface area (Å²) in [5, 5.41) is 18.0. The first-order chi connectivity index (χ1) is 7.59. The van der Waals surface area contributed by atoms with Crippen LogP contribution in [0.3, 0.4) is 0 Å². The molecule has 5 nitrogen and oxygen atoms in total.